The Hall–Kier alpha value is -2.05. The minimum atomic E-state index is -3.71. The molecule has 5 nitrogen and oxygen atoms in total. The molecule has 2 rings (SSSR count). The Morgan fingerprint density at radius 3 is 2.20 bits per heavy atom. The van der Waals surface area contributed by atoms with Gasteiger partial charge in [-0.15, -0.1) is 0 Å². The molecule has 0 fully saturated rings. The second kappa shape index (κ2) is 8.87. The van der Waals surface area contributed by atoms with E-state index >= 15 is 0 Å². The number of ether oxygens (including phenoxy) is 2. The van der Waals surface area contributed by atoms with Gasteiger partial charge in [0.1, 0.15) is 16.4 Å². The van der Waals surface area contributed by atoms with Crippen molar-refractivity contribution in [2.75, 3.05) is 19.8 Å². The van der Waals surface area contributed by atoms with Crippen molar-refractivity contribution < 1.29 is 17.9 Å². The molecule has 0 N–H and O–H groups in total. The second-order valence-corrected chi connectivity index (χ2v) is 7.30. The first-order valence-corrected chi connectivity index (χ1v) is 9.90. The smallest absolute Gasteiger partial charge is 0.247 e. The van der Waals surface area contributed by atoms with E-state index in [4.69, 9.17) is 9.47 Å². The summed E-state index contributed by atoms with van der Waals surface area (Å²) in [5.74, 6) is 0.859. The standard InChI is InChI=1S/C19H25NO4S/c1-4-20(15-16-10-8-7-9-11-16)25(21,22)19-14-17(23-5-2)12-13-18(19)24-6-3/h7-14H,4-6,15H2,1-3H3. The van der Waals surface area contributed by atoms with Crippen LogP contribution in [0.3, 0.4) is 0 Å². The molecule has 0 spiro atoms. The van der Waals surface area contributed by atoms with Crippen molar-refractivity contribution >= 4 is 10.0 Å². The second-order valence-electron chi connectivity index (χ2n) is 5.39. The summed E-state index contributed by atoms with van der Waals surface area (Å²) >= 11 is 0. The number of nitrogens with zero attached hydrogens (tertiary/aromatic N) is 1. The minimum absolute atomic E-state index is 0.137. The Bertz CT molecular complexity index is 775. The van der Waals surface area contributed by atoms with Crippen molar-refractivity contribution in [2.24, 2.45) is 0 Å². The van der Waals surface area contributed by atoms with Crippen molar-refractivity contribution in [3.05, 3.63) is 54.1 Å². The van der Waals surface area contributed by atoms with E-state index in [0.29, 0.717) is 37.8 Å². The molecule has 0 saturated carbocycles. The monoisotopic (exact) mass is 363 g/mol. The fourth-order valence-electron chi connectivity index (χ4n) is 2.51. The molecule has 136 valence electrons. The lowest BCUT2D eigenvalue weighted by Gasteiger charge is -2.22. The van der Waals surface area contributed by atoms with Gasteiger partial charge in [-0.2, -0.15) is 4.31 Å². The summed E-state index contributed by atoms with van der Waals surface area (Å²) in [6.45, 7) is 7.04. The van der Waals surface area contributed by atoms with Crippen molar-refractivity contribution in [2.45, 2.75) is 32.2 Å². The van der Waals surface area contributed by atoms with Crippen molar-refractivity contribution in [1.82, 2.24) is 4.31 Å². The van der Waals surface area contributed by atoms with Gasteiger partial charge in [-0.05, 0) is 31.5 Å². The lowest BCUT2D eigenvalue weighted by molar-refractivity contribution is 0.320. The van der Waals surface area contributed by atoms with Crippen LogP contribution >= 0.6 is 0 Å². The van der Waals surface area contributed by atoms with Gasteiger partial charge in [-0.3, -0.25) is 0 Å². The zero-order valence-electron chi connectivity index (χ0n) is 14.9. The molecule has 0 bridgehead atoms. The molecule has 0 aliphatic carbocycles. The molecule has 2 aromatic rings. The van der Waals surface area contributed by atoms with Crippen LogP contribution in [0.15, 0.2) is 53.4 Å². The van der Waals surface area contributed by atoms with E-state index in [1.165, 1.54) is 10.4 Å². The molecule has 0 aliphatic rings. The van der Waals surface area contributed by atoms with Crippen molar-refractivity contribution in [3.8, 4) is 11.5 Å². The minimum Gasteiger partial charge on any atom is -0.494 e. The third-order valence-corrected chi connectivity index (χ3v) is 5.64. The summed E-state index contributed by atoms with van der Waals surface area (Å²) in [6.07, 6.45) is 0. The molecular weight excluding hydrogens is 338 g/mol. The van der Waals surface area contributed by atoms with Gasteiger partial charge in [0, 0.05) is 19.2 Å². The van der Waals surface area contributed by atoms with E-state index in [1.54, 1.807) is 12.1 Å². The largest absolute Gasteiger partial charge is 0.494 e. The van der Waals surface area contributed by atoms with Crippen LogP contribution in [0.4, 0.5) is 0 Å². The molecular formula is C19H25NO4S. The van der Waals surface area contributed by atoms with Gasteiger partial charge in [0.05, 0.1) is 13.2 Å². The molecule has 0 unspecified atom stereocenters. The summed E-state index contributed by atoms with van der Waals surface area (Å²) < 4.78 is 38.9. The molecule has 6 heteroatoms. The van der Waals surface area contributed by atoms with E-state index in [2.05, 4.69) is 0 Å². The van der Waals surface area contributed by atoms with E-state index in [0.717, 1.165) is 5.56 Å². The molecule has 0 atom stereocenters. The molecule has 0 radical (unpaired) electrons. The van der Waals surface area contributed by atoms with Crippen LogP contribution in [0.2, 0.25) is 0 Å². The average molecular weight is 363 g/mol. The molecule has 25 heavy (non-hydrogen) atoms. The van der Waals surface area contributed by atoms with Crippen LogP contribution < -0.4 is 9.47 Å². The van der Waals surface area contributed by atoms with Gasteiger partial charge in [0.15, 0.2) is 0 Å². The quantitative estimate of drug-likeness (QED) is 0.682. The van der Waals surface area contributed by atoms with E-state index in [-0.39, 0.29) is 4.90 Å². The normalized spacial score (nSPS) is 11.5. The van der Waals surface area contributed by atoms with Gasteiger partial charge in [-0.1, -0.05) is 37.3 Å². The maximum atomic E-state index is 13.2. The van der Waals surface area contributed by atoms with Gasteiger partial charge in [0.25, 0.3) is 0 Å². The third kappa shape index (κ3) is 4.74. The zero-order chi connectivity index (χ0) is 18.3. The summed E-state index contributed by atoms with van der Waals surface area (Å²) in [7, 11) is -3.71. The highest BCUT2D eigenvalue weighted by atomic mass is 32.2. The first-order valence-electron chi connectivity index (χ1n) is 8.46. The summed E-state index contributed by atoms with van der Waals surface area (Å²) in [6, 6.07) is 14.5. The number of hydrogen-bond acceptors (Lipinski definition) is 4. The van der Waals surface area contributed by atoms with Crippen LogP contribution in [0, 0.1) is 0 Å². The fraction of sp³-hybridized carbons (Fsp3) is 0.368. The van der Waals surface area contributed by atoms with Gasteiger partial charge >= 0.3 is 0 Å². The van der Waals surface area contributed by atoms with Gasteiger partial charge < -0.3 is 9.47 Å². The van der Waals surface area contributed by atoms with Crippen LogP contribution in [0.25, 0.3) is 0 Å². The highest BCUT2D eigenvalue weighted by Gasteiger charge is 2.27. The highest BCUT2D eigenvalue weighted by molar-refractivity contribution is 7.89. The number of hydrogen-bond donors (Lipinski definition) is 0. The lowest BCUT2D eigenvalue weighted by Crippen LogP contribution is -2.30. The number of benzene rings is 2. The Labute approximate surface area is 150 Å². The van der Waals surface area contributed by atoms with Crippen molar-refractivity contribution in [3.63, 3.8) is 0 Å². The van der Waals surface area contributed by atoms with Crippen LogP contribution in [-0.4, -0.2) is 32.5 Å². The molecule has 0 heterocycles. The lowest BCUT2D eigenvalue weighted by atomic mass is 10.2. The van der Waals surface area contributed by atoms with Crippen LogP contribution in [0.1, 0.15) is 26.3 Å². The Morgan fingerprint density at radius 1 is 0.920 bits per heavy atom. The predicted octanol–water partition coefficient (Wildman–Crippen LogP) is 3.69. The molecule has 0 saturated heterocycles. The highest BCUT2D eigenvalue weighted by Crippen LogP contribution is 2.31. The predicted molar refractivity (Wildman–Crippen MR) is 98.5 cm³/mol. The molecule has 2 aromatic carbocycles. The first-order chi connectivity index (χ1) is 12.0. The van der Waals surface area contributed by atoms with E-state index in [9.17, 15) is 8.42 Å². The SMILES string of the molecule is CCOc1ccc(OCC)c(S(=O)(=O)N(CC)Cc2ccccc2)c1. The average Bonchev–Trinajstić information content (AvgIpc) is 2.62. The molecule has 0 aromatic heterocycles. The van der Waals surface area contributed by atoms with Gasteiger partial charge in [-0.25, -0.2) is 8.42 Å². The van der Waals surface area contributed by atoms with Crippen molar-refractivity contribution in [1.29, 1.82) is 0 Å². The Kier molecular flexibility index (Phi) is 6.84. The third-order valence-electron chi connectivity index (χ3n) is 3.70. The summed E-state index contributed by atoms with van der Waals surface area (Å²) in [5, 5.41) is 0. The maximum absolute atomic E-state index is 13.2. The van der Waals surface area contributed by atoms with Crippen LogP contribution in [-0.2, 0) is 16.6 Å². The molecule has 0 amide bonds. The maximum Gasteiger partial charge on any atom is 0.247 e. The van der Waals surface area contributed by atoms with Gasteiger partial charge in [0.2, 0.25) is 10.0 Å². The number of sulfonamides is 1. The summed E-state index contributed by atoms with van der Waals surface area (Å²) in [4.78, 5) is 0.137. The molecule has 0 aliphatic heterocycles. The fourth-order valence-corrected chi connectivity index (χ4v) is 4.10. The topological polar surface area (TPSA) is 55.8 Å². The Morgan fingerprint density at radius 2 is 1.60 bits per heavy atom. The first kappa shape index (κ1) is 19.3. The van der Waals surface area contributed by atoms with Crippen LogP contribution in [0.5, 0.6) is 11.5 Å². The Balaban J connectivity index is 2.42. The van der Waals surface area contributed by atoms with E-state index < -0.39 is 10.0 Å². The van der Waals surface area contributed by atoms with E-state index in [1.807, 2.05) is 51.1 Å². The number of rotatable bonds is 9. The summed E-state index contributed by atoms with van der Waals surface area (Å²) in [5.41, 5.74) is 0.937. The zero-order valence-corrected chi connectivity index (χ0v) is 15.8.